The number of aromatic hydroxyl groups is 2. The second kappa shape index (κ2) is 13.4. The van der Waals surface area contributed by atoms with Crippen LogP contribution in [0.4, 0.5) is 0 Å². The van der Waals surface area contributed by atoms with E-state index in [1.165, 1.54) is 11.1 Å². The number of carbonyl (C=O) groups is 1. The Morgan fingerprint density at radius 2 is 1.41 bits per heavy atom. The molecule has 2 N–H and O–H groups in total. The van der Waals surface area contributed by atoms with Crippen LogP contribution < -0.4 is 14.2 Å². The minimum Gasteiger partial charge on any atom is -0.504 e. The summed E-state index contributed by atoms with van der Waals surface area (Å²) in [7, 11) is 7.47. The molecule has 46 heavy (non-hydrogen) atoms. The molecule has 2 heterocycles. The summed E-state index contributed by atoms with van der Waals surface area (Å²) in [6.07, 6.45) is 4.92. The molecular formula is C38H42N2O6. The molecule has 2 aliphatic rings. The highest BCUT2D eigenvalue weighted by Crippen LogP contribution is 2.41. The lowest BCUT2D eigenvalue weighted by molar-refractivity contribution is 0.112. The number of hydrogen-bond donors (Lipinski definition) is 2. The number of benzene rings is 4. The van der Waals surface area contributed by atoms with Crippen molar-refractivity contribution in [1.82, 2.24) is 9.80 Å². The van der Waals surface area contributed by atoms with Gasteiger partial charge in [0.1, 0.15) is 11.5 Å². The van der Waals surface area contributed by atoms with Crippen LogP contribution in [0.3, 0.4) is 0 Å². The molecule has 0 fully saturated rings. The number of methoxy groups -OCH3 is 2. The van der Waals surface area contributed by atoms with Gasteiger partial charge in [-0.1, -0.05) is 18.2 Å². The summed E-state index contributed by atoms with van der Waals surface area (Å²) in [5, 5.41) is 21.3. The van der Waals surface area contributed by atoms with Gasteiger partial charge in [-0.2, -0.15) is 0 Å². The molecule has 2 aliphatic heterocycles. The third-order valence-electron chi connectivity index (χ3n) is 9.63. The van der Waals surface area contributed by atoms with Gasteiger partial charge >= 0.3 is 0 Å². The first-order valence-electron chi connectivity index (χ1n) is 15.8. The van der Waals surface area contributed by atoms with Gasteiger partial charge in [0, 0.05) is 25.2 Å². The molecule has 6 rings (SSSR count). The Bertz CT molecular complexity index is 1720. The first-order chi connectivity index (χ1) is 22.3. The molecule has 240 valence electrons. The molecule has 8 nitrogen and oxygen atoms in total. The van der Waals surface area contributed by atoms with Crippen LogP contribution in [0.2, 0.25) is 0 Å². The zero-order valence-electron chi connectivity index (χ0n) is 27.0. The molecule has 0 aliphatic carbocycles. The fraction of sp³-hybridized carbons (Fsp3) is 0.342. The number of hydrogen-bond acceptors (Lipinski definition) is 8. The van der Waals surface area contributed by atoms with Gasteiger partial charge in [0.05, 0.1) is 19.8 Å². The monoisotopic (exact) mass is 622 g/mol. The van der Waals surface area contributed by atoms with Crippen molar-refractivity contribution in [2.45, 2.75) is 44.2 Å². The van der Waals surface area contributed by atoms with Crippen molar-refractivity contribution in [3.05, 3.63) is 106 Å². The summed E-state index contributed by atoms with van der Waals surface area (Å²) >= 11 is 0. The van der Waals surface area contributed by atoms with E-state index >= 15 is 0 Å². The van der Waals surface area contributed by atoms with Gasteiger partial charge in [-0.25, -0.2) is 0 Å². The molecule has 0 aromatic heterocycles. The molecule has 0 bridgehead atoms. The van der Waals surface area contributed by atoms with E-state index in [0.717, 1.165) is 79.5 Å². The first kappa shape index (κ1) is 31.5. The number of nitrogens with zero attached hydrogens (tertiary/aromatic N) is 2. The minimum atomic E-state index is 0.0161. The van der Waals surface area contributed by atoms with E-state index in [2.05, 4.69) is 36.0 Å². The van der Waals surface area contributed by atoms with Crippen LogP contribution in [0.25, 0.3) is 0 Å². The quantitative estimate of drug-likeness (QED) is 0.190. The van der Waals surface area contributed by atoms with E-state index in [1.807, 2.05) is 48.5 Å². The lowest BCUT2D eigenvalue weighted by Crippen LogP contribution is -2.33. The van der Waals surface area contributed by atoms with Crippen molar-refractivity contribution in [1.29, 1.82) is 0 Å². The normalized spacial score (nSPS) is 18.0. The maximum absolute atomic E-state index is 12.2. The Hall–Kier alpha value is -4.53. The van der Waals surface area contributed by atoms with Crippen LogP contribution in [0.1, 0.15) is 62.2 Å². The van der Waals surface area contributed by atoms with Crippen LogP contribution in [0, 0.1) is 0 Å². The second-order valence-electron chi connectivity index (χ2n) is 12.4. The lowest BCUT2D eigenvalue weighted by atomic mass is 9.87. The van der Waals surface area contributed by atoms with Crippen LogP contribution in [0.15, 0.2) is 66.7 Å². The molecular weight excluding hydrogens is 580 g/mol. The number of fused-ring (bicyclic) bond motifs is 2. The highest BCUT2D eigenvalue weighted by molar-refractivity contribution is 5.80. The molecule has 0 amide bonds. The molecule has 8 heteroatoms. The predicted octanol–water partition coefficient (Wildman–Crippen LogP) is 6.65. The van der Waals surface area contributed by atoms with Gasteiger partial charge in [0.2, 0.25) is 0 Å². The second-order valence-corrected chi connectivity index (χ2v) is 12.4. The van der Waals surface area contributed by atoms with Gasteiger partial charge in [-0.15, -0.1) is 0 Å². The summed E-state index contributed by atoms with van der Waals surface area (Å²) in [6.45, 7) is 1.81. The summed E-state index contributed by atoms with van der Waals surface area (Å²) in [6, 6.07) is 21.5. The zero-order chi connectivity index (χ0) is 32.4. The average Bonchev–Trinajstić information content (AvgIpc) is 3.07. The van der Waals surface area contributed by atoms with Crippen LogP contribution >= 0.6 is 0 Å². The Morgan fingerprint density at radius 1 is 0.739 bits per heavy atom. The Morgan fingerprint density at radius 3 is 2.11 bits per heavy atom. The Labute approximate surface area is 270 Å². The van der Waals surface area contributed by atoms with Gasteiger partial charge < -0.3 is 24.4 Å². The number of likely N-dealkylation sites (N-methyl/N-ethyl adjacent to an activating group) is 2. The molecule has 0 saturated heterocycles. The van der Waals surface area contributed by atoms with Gasteiger partial charge in [-0.05, 0) is 128 Å². The summed E-state index contributed by atoms with van der Waals surface area (Å²) in [5.41, 5.74) is 7.24. The van der Waals surface area contributed by atoms with E-state index in [1.54, 1.807) is 20.3 Å². The number of phenols is 2. The molecule has 0 unspecified atom stereocenters. The van der Waals surface area contributed by atoms with E-state index in [0.29, 0.717) is 22.8 Å². The third-order valence-corrected chi connectivity index (χ3v) is 9.63. The van der Waals surface area contributed by atoms with Crippen LogP contribution in [-0.4, -0.2) is 67.7 Å². The molecule has 4 aromatic carbocycles. The average molecular weight is 623 g/mol. The maximum atomic E-state index is 12.2. The maximum Gasteiger partial charge on any atom is 0.169 e. The number of rotatable bonds is 10. The fourth-order valence-corrected chi connectivity index (χ4v) is 6.91. The van der Waals surface area contributed by atoms with Crippen molar-refractivity contribution in [2.24, 2.45) is 0 Å². The van der Waals surface area contributed by atoms with Crippen LogP contribution in [0.5, 0.6) is 34.5 Å². The Balaban J connectivity index is 1.24. The van der Waals surface area contributed by atoms with E-state index in [4.69, 9.17) is 14.2 Å². The van der Waals surface area contributed by atoms with Crippen molar-refractivity contribution < 1.29 is 29.2 Å². The standard InChI is InChI=1S/C38H42N2O6/c1-39-15-14-27-20-37(45-4)35(43)21-30(27)32(39)11-7-25-8-12-34(42)38(18-25)46-36-22-31-26(19-28(36)23-41)13-16-40(2)33(31)17-24-5-9-29(44-3)10-6-24/h5-6,8-10,12,18-23,32-33,42-43H,7,11,13-17H2,1-4H3/t32-,33-/m1/s1. The highest BCUT2D eigenvalue weighted by Gasteiger charge is 2.28. The molecule has 0 radical (unpaired) electrons. The first-order valence-corrected chi connectivity index (χ1v) is 15.8. The predicted molar refractivity (Wildman–Crippen MR) is 178 cm³/mol. The SMILES string of the molecule is COc1ccc(C[C@@H]2c3cc(Oc4cc(CC[C@@H]5c6cc(O)c(OC)cc6CCN5C)ccc4O)c(C=O)cc3CCN2C)cc1. The van der Waals surface area contributed by atoms with E-state index < -0.39 is 0 Å². The summed E-state index contributed by atoms with van der Waals surface area (Å²) in [5.74, 6) is 2.23. The van der Waals surface area contributed by atoms with E-state index in [-0.39, 0.29) is 23.6 Å². The number of phenolic OH excluding ortho intramolecular Hbond substituents is 2. The molecule has 2 atom stereocenters. The number of carbonyl (C=O) groups excluding carboxylic acids is 1. The van der Waals surface area contributed by atoms with Gasteiger partial charge in [0.15, 0.2) is 29.3 Å². The smallest absolute Gasteiger partial charge is 0.169 e. The van der Waals surface area contributed by atoms with Gasteiger partial charge in [-0.3, -0.25) is 14.6 Å². The fourth-order valence-electron chi connectivity index (χ4n) is 6.91. The van der Waals surface area contributed by atoms with Crippen molar-refractivity contribution in [3.63, 3.8) is 0 Å². The Kier molecular flexibility index (Phi) is 9.20. The minimum absolute atomic E-state index is 0.0161. The third kappa shape index (κ3) is 6.41. The van der Waals surface area contributed by atoms with Crippen molar-refractivity contribution >= 4 is 6.29 Å². The van der Waals surface area contributed by atoms with Crippen LogP contribution in [-0.2, 0) is 25.7 Å². The highest BCUT2D eigenvalue weighted by atomic mass is 16.5. The topological polar surface area (TPSA) is 91.7 Å². The molecule has 0 spiro atoms. The van der Waals surface area contributed by atoms with E-state index in [9.17, 15) is 15.0 Å². The number of aldehydes is 1. The number of aryl methyl sites for hydroxylation is 1. The lowest BCUT2D eigenvalue weighted by Gasteiger charge is -2.35. The van der Waals surface area contributed by atoms with Crippen molar-refractivity contribution in [2.75, 3.05) is 41.4 Å². The molecule has 4 aromatic rings. The molecule has 0 saturated carbocycles. The number of ether oxygens (including phenoxy) is 3. The van der Waals surface area contributed by atoms with Crippen molar-refractivity contribution in [3.8, 4) is 34.5 Å². The zero-order valence-corrected chi connectivity index (χ0v) is 27.0. The summed E-state index contributed by atoms with van der Waals surface area (Å²) < 4.78 is 17.0. The largest absolute Gasteiger partial charge is 0.504 e. The summed E-state index contributed by atoms with van der Waals surface area (Å²) in [4.78, 5) is 16.9. The van der Waals surface area contributed by atoms with Gasteiger partial charge in [0.25, 0.3) is 0 Å².